The zero-order valence-corrected chi connectivity index (χ0v) is 10.4. The van der Waals surface area contributed by atoms with Gasteiger partial charge in [-0.05, 0) is 31.0 Å². The molecule has 0 radical (unpaired) electrons. The molecule has 2 rings (SSSR count). The number of benzene rings is 1. The van der Waals surface area contributed by atoms with Gasteiger partial charge in [0.05, 0.1) is 11.7 Å². The van der Waals surface area contributed by atoms with Gasteiger partial charge in [0, 0.05) is 6.54 Å². The maximum Gasteiger partial charge on any atom is 0.265 e. The molecule has 1 aliphatic heterocycles. The van der Waals surface area contributed by atoms with Crippen molar-refractivity contribution in [3.63, 3.8) is 0 Å². The highest BCUT2D eigenvalue weighted by molar-refractivity contribution is 6.17. The van der Waals surface area contributed by atoms with E-state index < -0.39 is 6.10 Å². The zero-order chi connectivity index (χ0) is 12.3. The fourth-order valence-corrected chi connectivity index (χ4v) is 1.84. The highest BCUT2D eigenvalue weighted by atomic mass is 35.5. The molecule has 4 nitrogen and oxygen atoms in total. The van der Waals surface area contributed by atoms with Gasteiger partial charge >= 0.3 is 0 Å². The topological polar surface area (TPSA) is 50.4 Å². The van der Waals surface area contributed by atoms with Gasteiger partial charge in [0.2, 0.25) is 0 Å². The minimum atomic E-state index is -0.425. The number of fused-ring (bicyclic) bond motifs is 1. The third-order valence-corrected chi connectivity index (χ3v) is 2.85. The van der Waals surface area contributed by atoms with E-state index in [-0.39, 0.29) is 5.91 Å². The molecule has 1 aromatic carbocycles. The first-order valence-electron chi connectivity index (χ1n) is 5.58. The number of anilines is 1. The lowest BCUT2D eigenvalue weighted by atomic mass is 10.1. The van der Waals surface area contributed by atoms with Crippen LogP contribution in [0.15, 0.2) is 18.2 Å². The van der Waals surface area contributed by atoms with E-state index in [1.807, 2.05) is 18.2 Å². The van der Waals surface area contributed by atoms with Crippen molar-refractivity contribution in [2.75, 3.05) is 17.9 Å². The SMILES string of the molecule is CC1Oc2ccc(CCNCCl)cc2NC1=O. The van der Waals surface area contributed by atoms with Gasteiger partial charge in [-0.25, -0.2) is 0 Å². The molecule has 0 bridgehead atoms. The summed E-state index contributed by atoms with van der Waals surface area (Å²) in [6.45, 7) is 2.55. The van der Waals surface area contributed by atoms with Crippen molar-refractivity contribution < 1.29 is 9.53 Å². The van der Waals surface area contributed by atoms with E-state index in [9.17, 15) is 4.79 Å². The highest BCUT2D eigenvalue weighted by Gasteiger charge is 2.23. The Balaban J connectivity index is 2.09. The van der Waals surface area contributed by atoms with Crippen molar-refractivity contribution >= 4 is 23.2 Å². The minimum absolute atomic E-state index is 0.103. The quantitative estimate of drug-likeness (QED) is 0.489. The van der Waals surface area contributed by atoms with Gasteiger partial charge in [0.15, 0.2) is 6.10 Å². The first-order chi connectivity index (χ1) is 8.20. The molecule has 2 N–H and O–H groups in total. The Kier molecular flexibility index (Phi) is 3.86. The van der Waals surface area contributed by atoms with E-state index in [4.69, 9.17) is 16.3 Å². The first-order valence-corrected chi connectivity index (χ1v) is 6.11. The third-order valence-electron chi connectivity index (χ3n) is 2.66. The number of nitrogens with one attached hydrogen (secondary N) is 2. The number of alkyl halides is 1. The van der Waals surface area contributed by atoms with Crippen molar-refractivity contribution in [1.82, 2.24) is 5.32 Å². The number of ether oxygens (including phenoxy) is 1. The van der Waals surface area contributed by atoms with Crippen LogP contribution >= 0.6 is 11.6 Å². The van der Waals surface area contributed by atoms with Crippen LogP contribution in [-0.2, 0) is 11.2 Å². The normalized spacial score (nSPS) is 18.2. The average Bonchev–Trinajstić information content (AvgIpc) is 2.31. The van der Waals surface area contributed by atoms with Crippen LogP contribution in [0.25, 0.3) is 0 Å². The molecule has 1 heterocycles. The Morgan fingerprint density at radius 3 is 3.12 bits per heavy atom. The number of carbonyl (C=O) groups excluding carboxylic acids is 1. The fourth-order valence-electron chi connectivity index (χ4n) is 1.71. The highest BCUT2D eigenvalue weighted by Crippen LogP contribution is 2.30. The molecule has 0 aliphatic carbocycles. The summed E-state index contributed by atoms with van der Waals surface area (Å²) >= 11 is 5.53. The van der Waals surface area contributed by atoms with Crippen LogP contribution in [0.2, 0.25) is 0 Å². The second-order valence-corrected chi connectivity index (χ2v) is 4.23. The summed E-state index contributed by atoms with van der Waals surface area (Å²) in [7, 11) is 0. The van der Waals surface area contributed by atoms with Crippen LogP contribution in [0, 0.1) is 0 Å². The van der Waals surface area contributed by atoms with Gasteiger partial charge in [-0.15, -0.1) is 11.6 Å². The molecule has 92 valence electrons. The van der Waals surface area contributed by atoms with Gasteiger partial charge in [0.25, 0.3) is 5.91 Å². The summed E-state index contributed by atoms with van der Waals surface area (Å²) in [6, 6.07) is 6.28. The Morgan fingerprint density at radius 2 is 2.35 bits per heavy atom. The zero-order valence-electron chi connectivity index (χ0n) is 9.63. The van der Waals surface area contributed by atoms with Crippen LogP contribution in [-0.4, -0.2) is 24.6 Å². The Morgan fingerprint density at radius 1 is 1.53 bits per heavy atom. The molecule has 0 aromatic heterocycles. The Hall–Kier alpha value is -1.26. The lowest BCUT2D eigenvalue weighted by Gasteiger charge is -2.23. The van der Waals surface area contributed by atoms with Crippen LogP contribution in [0.5, 0.6) is 5.75 Å². The number of rotatable bonds is 4. The molecule has 0 saturated heterocycles. The molecule has 1 amide bonds. The summed E-state index contributed by atoms with van der Waals surface area (Å²) in [5.41, 5.74) is 1.89. The van der Waals surface area contributed by atoms with Crippen LogP contribution in [0.1, 0.15) is 12.5 Å². The van der Waals surface area contributed by atoms with E-state index in [2.05, 4.69) is 10.6 Å². The number of amides is 1. The molecule has 0 saturated carbocycles. The maximum atomic E-state index is 11.5. The maximum absolute atomic E-state index is 11.5. The second kappa shape index (κ2) is 5.38. The van der Waals surface area contributed by atoms with Gasteiger partial charge < -0.3 is 15.4 Å². The predicted octanol–water partition coefficient (Wildman–Crippen LogP) is 1.73. The smallest absolute Gasteiger partial charge is 0.265 e. The largest absolute Gasteiger partial charge is 0.479 e. The van der Waals surface area contributed by atoms with Gasteiger partial charge in [-0.1, -0.05) is 6.07 Å². The molecule has 17 heavy (non-hydrogen) atoms. The fraction of sp³-hybridized carbons (Fsp3) is 0.417. The molecule has 0 fully saturated rings. The van der Waals surface area contributed by atoms with Gasteiger partial charge in [-0.3, -0.25) is 4.79 Å². The molecule has 1 aromatic rings. The minimum Gasteiger partial charge on any atom is -0.479 e. The summed E-state index contributed by atoms with van der Waals surface area (Å²) in [4.78, 5) is 11.5. The van der Waals surface area contributed by atoms with Crippen molar-refractivity contribution in [1.29, 1.82) is 0 Å². The van der Waals surface area contributed by atoms with E-state index >= 15 is 0 Å². The van der Waals surface area contributed by atoms with Crippen LogP contribution in [0.4, 0.5) is 5.69 Å². The Bertz CT molecular complexity index is 423. The monoisotopic (exact) mass is 254 g/mol. The molecule has 1 atom stereocenters. The van der Waals surface area contributed by atoms with E-state index in [0.29, 0.717) is 6.00 Å². The summed E-state index contributed by atoms with van der Waals surface area (Å²) in [5, 5.41) is 5.87. The number of hydrogen-bond donors (Lipinski definition) is 2. The van der Waals surface area contributed by atoms with Crippen molar-refractivity contribution in [2.24, 2.45) is 0 Å². The molecule has 1 aliphatic rings. The molecular weight excluding hydrogens is 240 g/mol. The standard InChI is InChI=1S/C12H15ClN2O2/c1-8-12(16)15-10-6-9(4-5-14-7-13)2-3-11(10)17-8/h2-3,6,8,14H,4-5,7H2,1H3,(H,15,16). The summed E-state index contributed by atoms with van der Waals surface area (Å²) in [5.74, 6) is 0.625. The predicted molar refractivity (Wildman–Crippen MR) is 67.6 cm³/mol. The van der Waals surface area contributed by atoms with E-state index in [0.717, 1.165) is 30.0 Å². The summed E-state index contributed by atoms with van der Waals surface area (Å²) in [6.07, 6.45) is 0.442. The van der Waals surface area contributed by atoms with Crippen molar-refractivity contribution in [2.45, 2.75) is 19.4 Å². The average molecular weight is 255 g/mol. The second-order valence-electron chi connectivity index (χ2n) is 3.96. The molecular formula is C12H15ClN2O2. The van der Waals surface area contributed by atoms with Crippen LogP contribution in [0.3, 0.4) is 0 Å². The number of halogens is 1. The molecule has 5 heteroatoms. The van der Waals surface area contributed by atoms with E-state index in [1.54, 1.807) is 6.92 Å². The van der Waals surface area contributed by atoms with Crippen molar-refractivity contribution in [3.05, 3.63) is 23.8 Å². The van der Waals surface area contributed by atoms with E-state index in [1.165, 1.54) is 0 Å². The summed E-state index contributed by atoms with van der Waals surface area (Å²) < 4.78 is 5.48. The van der Waals surface area contributed by atoms with Gasteiger partial charge in [-0.2, -0.15) is 0 Å². The third kappa shape index (κ3) is 2.90. The first kappa shape index (κ1) is 12.2. The number of carbonyl (C=O) groups is 1. The number of hydrogen-bond acceptors (Lipinski definition) is 3. The van der Waals surface area contributed by atoms with Gasteiger partial charge in [0.1, 0.15) is 5.75 Å². The lowest BCUT2D eigenvalue weighted by Crippen LogP contribution is -2.34. The van der Waals surface area contributed by atoms with Crippen LogP contribution < -0.4 is 15.4 Å². The lowest BCUT2D eigenvalue weighted by molar-refractivity contribution is -0.122. The molecule has 0 spiro atoms. The Labute approximate surface area is 105 Å². The molecule has 1 unspecified atom stereocenters. The van der Waals surface area contributed by atoms with Crippen molar-refractivity contribution in [3.8, 4) is 5.75 Å².